The van der Waals surface area contributed by atoms with Crippen molar-refractivity contribution in [1.29, 1.82) is 0 Å². The van der Waals surface area contributed by atoms with Crippen LogP contribution in [0.25, 0.3) is 0 Å². The molecule has 1 saturated heterocycles. The molecule has 2 aliphatic rings. The highest BCUT2D eigenvalue weighted by Gasteiger charge is 2.42. The molecule has 1 atom stereocenters. The molecule has 2 aliphatic heterocycles. The van der Waals surface area contributed by atoms with Gasteiger partial charge in [-0.05, 0) is 24.6 Å². The van der Waals surface area contributed by atoms with Crippen LogP contribution in [0, 0.1) is 0 Å². The minimum absolute atomic E-state index is 0.0485. The Balaban J connectivity index is 2.22. The first-order valence-corrected chi connectivity index (χ1v) is 5.86. The summed E-state index contributed by atoms with van der Waals surface area (Å²) in [6, 6.07) is 5.04. The van der Waals surface area contributed by atoms with E-state index in [1.54, 1.807) is 35.0 Å². The van der Waals surface area contributed by atoms with Crippen molar-refractivity contribution in [3.05, 3.63) is 28.8 Å². The van der Waals surface area contributed by atoms with Crippen LogP contribution in [0.1, 0.15) is 23.2 Å². The van der Waals surface area contributed by atoms with Crippen LogP contribution in [0.15, 0.2) is 18.2 Å². The van der Waals surface area contributed by atoms with Gasteiger partial charge in [0.25, 0.3) is 5.91 Å². The van der Waals surface area contributed by atoms with E-state index < -0.39 is 0 Å². The van der Waals surface area contributed by atoms with Gasteiger partial charge in [0.15, 0.2) is 0 Å². The summed E-state index contributed by atoms with van der Waals surface area (Å²) in [5, 5.41) is 0.541. The number of benzene rings is 1. The molecule has 1 unspecified atom stereocenters. The minimum Gasteiger partial charge on any atom is -0.321 e. The van der Waals surface area contributed by atoms with Crippen LogP contribution in [-0.4, -0.2) is 29.9 Å². The maximum atomic E-state index is 12.1. The summed E-state index contributed by atoms with van der Waals surface area (Å²) in [6.07, 6.45) is 1.02. The molecule has 17 heavy (non-hydrogen) atoms. The zero-order valence-corrected chi connectivity index (χ0v) is 10.1. The predicted molar refractivity (Wildman–Crippen MR) is 64.1 cm³/mol. The molecule has 4 nitrogen and oxygen atoms in total. The van der Waals surface area contributed by atoms with Crippen molar-refractivity contribution in [1.82, 2.24) is 4.90 Å². The van der Waals surface area contributed by atoms with Crippen molar-refractivity contribution in [2.45, 2.75) is 19.0 Å². The largest absolute Gasteiger partial charge is 0.321 e. The second-order valence-corrected chi connectivity index (χ2v) is 4.80. The standard InChI is InChI=1S/C12H11ClN2O2/c1-14-10-4-5-11(16)15(10)9-6-7(13)2-3-8(9)12(14)17/h2-3,6,10H,4-5H2,1H3. The van der Waals surface area contributed by atoms with Crippen LogP contribution in [-0.2, 0) is 4.79 Å². The lowest BCUT2D eigenvalue weighted by molar-refractivity contribution is -0.117. The molecule has 2 amide bonds. The second-order valence-electron chi connectivity index (χ2n) is 4.36. The van der Waals surface area contributed by atoms with Gasteiger partial charge in [-0.15, -0.1) is 0 Å². The zero-order valence-electron chi connectivity index (χ0n) is 9.31. The van der Waals surface area contributed by atoms with E-state index in [0.717, 1.165) is 0 Å². The smallest absolute Gasteiger partial charge is 0.257 e. The van der Waals surface area contributed by atoms with Crippen LogP contribution in [0.4, 0.5) is 5.69 Å². The molecule has 5 heteroatoms. The van der Waals surface area contributed by atoms with Crippen molar-refractivity contribution in [2.24, 2.45) is 0 Å². The van der Waals surface area contributed by atoms with Gasteiger partial charge in [-0.3, -0.25) is 14.5 Å². The van der Waals surface area contributed by atoms with Crippen molar-refractivity contribution in [2.75, 3.05) is 11.9 Å². The summed E-state index contributed by atoms with van der Waals surface area (Å²) < 4.78 is 0. The lowest BCUT2D eigenvalue weighted by Gasteiger charge is -2.38. The minimum atomic E-state index is -0.152. The van der Waals surface area contributed by atoms with E-state index in [9.17, 15) is 9.59 Å². The molecule has 0 aliphatic carbocycles. The highest BCUT2D eigenvalue weighted by Crippen LogP contribution is 2.37. The number of carbonyl (C=O) groups excluding carboxylic acids is 2. The summed E-state index contributed by atoms with van der Waals surface area (Å²) >= 11 is 5.94. The summed E-state index contributed by atoms with van der Waals surface area (Å²) in [4.78, 5) is 27.3. The highest BCUT2D eigenvalue weighted by atomic mass is 35.5. The molecule has 3 rings (SSSR count). The number of fused-ring (bicyclic) bond motifs is 3. The number of carbonyl (C=O) groups is 2. The van der Waals surface area contributed by atoms with Gasteiger partial charge in [0.05, 0.1) is 11.3 Å². The number of amides is 2. The molecule has 0 aromatic heterocycles. The molecule has 0 saturated carbocycles. The Morgan fingerprint density at radius 1 is 1.35 bits per heavy atom. The van der Waals surface area contributed by atoms with Gasteiger partial charge < -0.3 is 4.90 Å². The Kier molecular flexibility index (Phi) is 2.16. The van der Waals surface area contributed by atoms with E-state index in [4.69, 9.17) is 11.6 Å². The molecule has 0 radical (unpaired) electrons. The van der Waals surface area contributed by atoms with Gasteiger partial charge >= 0.3 is 0 Å². The van der Waals surface area contributed by atoms with Crippen molar-refractivity contribution in [3.63, 3.8) is 0 Å². The van der Waals surface area contributed by atoms with Crippen LogP contribution in [0.3, 0.4) is 0 Å². The Morgan fingerprint density at radius 2 is 2.12 bits per heavy atom. The number of halogens is 1. The SMILES string of the molecule is CN1C(=O)c2ccc(Cl)cc2N2C(=O)CCC12. The fourth-order valence-electron chi connectivity index (χ4n) is 2.54. The summed E-state index contributed by atoms with van der Waals surface area (Å²) in [5.41, 5.74) is 1.19. The first-order valence-electron chi connectivity index (χ1n) is 5.48. The number of hydrogen-bond acceptors (Lipinski definition) is 2. The van der Waals surface area contributed by atoms with Gasteiger partial charge in [-0.25, -0.2) is 0 Å². The van der Waals surface area contributed by atoms with E-state index in [2.05, 4.69) is 0 Å². The lowest BCUT2D eigenvalue weighted by atomic mass is 10.1. The number of anilines is 1. The van der Waals surface area contributed by atoms with Gasteiger partial charge in [0.2, 0.25) is 5.91 Å². The third-order valence-electron chi connectivity index (χ3n) is 3.40. The van der Waals surface area contributed by atoms with Crippen LogP contribution < -0.4 is 4.90 Å². The average molecular weight is 251 g/mol. The Bertz CT molecular complexity index is 529. The first-order chi connectivity index (χ1) is 8.09. The molecule has 1 aromatic carbocycles. The molecule has 1 fully saturated rings. The molecular formula is C12H11ClN2O2. The van der Waals surface area contributed by atoms with Crippen molar-refractivity contribution < 1.29 is 9.59 Å². The van der Waals surface area contributed by atoms with E-state index in [0.29, 0.717) is 29.1 Å². The lowest BCUT2D eigenvalue weighted by Crippen LogP contribution is -2.51. The number of rotatable bonds is 0. The maximum Gasteiger partial charge on any atom is 0.257 e. The van der Waals surface area contributed by atoms with E-state index in [1.165, 1.54) is 0 Å². The Hall–Kier alpha value is -1.55. The van der Waals surface area contributed by atoms with E-state index >= 15 is 0 Å². The molecule has 88 valence electrons. The van der Waals surface area contributed by atoms with Crippen LogP contribution >= 0.6 is 11.6 Å². The van der Waals surface area contributed by atoms with Gasteiger partial charge in [0.1, 0.15) is 6.17 Å². The summed E-state index contributed by atoms with van der Waals surface area (Å²) in [5.74, 6) is 0.00508. The van der Waals surface area contributed by atoms with Gasteiger partial charge in [-0.1, -0.05) is 11.6 Å². The normalized spacial score (nSPS) is 22.8. The number of hydrogen-bond donors (Lipinski definition) is 0. The van der Waals surface area contributed by atoms with Crippen LogP contribution in [0.2, 0.25) is 5.02 Å². The van der Waals surface area contributed by atoms with Crippen molar-refractivity contribution >= 4 is 29.1 Å². The number of nitrogens with zero attached hydrogens (tertiary/aromatic N) is 2. The van der Waals surface area contributed by atoms with Gasteiger partial charge in [0, 0.05) is 18.5 Å². The molecule has 2 heterocycles. The fourth-order valence-corrected chi connectivity index (χ4v) is 2.71. The van der Waals surface area contributed by atoms with Crippen LogP contribution in [0.5, 0.6) is 0 Å². The Labute approximate surface area is 104 Å². The molecule has 0 bridgehead atoms. The molecule has 0 spiro atoms. The maximum absolute atomic E-state index is 12.1. The van der Waals surface area contributed by atoms with Crippen molar-refractivity contribution in [3.8, 4) is 0 Å². The zero-order chi connectivity index (χ0) is 12.2. The van der Waals surface area contributed by atoms with E-state index in [1.807, 2.05) is 0 Å². The highest BCUT2D eigenvalue weighted by molar-refractivity contribution is 6.31. The average Bonchev–Trinajstić information content (AvgIpc) is 2.68. The Morgan fingerprint density at radius 3 is 2.88 bits per heavy atom. The van der Waals surface area contributed by atoms with Gasteiger partial charge in [-0.2, -0.15) is 0 Å². The predicted octanol–water partition coefficient (Wildman–Crippen LogP) is 1.88. The first kappa shape index (κ1) is 10.6. The third-order valence-corrected chi connectivity index (χ3v) is 3.64. The third kappa shape index (κ3) is 1.37. The molecule has 1 aromatic rings. The van der Waals surface area contributed by atoms with E-state index in [-0.39, 0.29) is 18.0 Å². The monoisotopic (exact) mass is 250 g/mol. The molecule has 0 N–H and O–H groups in total. The summed E-state index contributed by atoms with van der Waals surface area (Å²) in [7, 11) is 1.73. The molecular weight excluding hydrogens is 240 g/mol. The second kappa shape index (κ2) is 3.47. The topological polar surface area (TPSA) is 40.6 Å². The fraction of sp³-hybridized carbons (Fsp3) is 0.333. The summed E-state index contributed by atoms with van der Waals surface area (Å²) in [6.45, 7) is 0. The quantitative estimate of drug-likeness (QED) is 0.705.